The molecule has 1 atom stereocenters. The molecule has 0 aliphatic carbocycles. The van der Waals surface area contributed by atoms with Gasteiger partial charge in [-0.05, 0) is 53.9 Å². The van der Waals surface area contributed by atoms with Gasteiger partial charge in [-0.25, -0.2) is 4.79 Å². The predicted octanol–water partition coefficient (Wildman–Crippen LogP) is 6.67. The highest BCUT2D eigenvalue weighted by Gasteiger charge is 2.25. The first-order valence-electron chi connectivity index (χ1n) is 12.8. The van der Waals surface area contributed by atoms with E-state index in [2.05, 4.69) is 48.1 Å². The second kappa shape index (κ2) is 8.97. The van der Waals surface area contributed by atoms with E-state index < -0.39 is 0 Å². The quantitative estimate of drug-likeness (QED) is 0.266. The first-order valence-corrected chi connectivity index (χ1v) is 12.8. The van der Waals surface area contributed by atoms with Crippen molar-refractivity contribution >= 4 is 32.8 Å². The summed E-state index contributed by atoms with van der Waals surface area (Å²) in [6, 6.07) is 26.7. The molecule has 3 aromatic carbocycles. The summed E-state index contributed by atoms with van der Waals surface area (Å²) in [7, 11) is 1.78. The highest BCUT2D eigenvalue weighted by atomic mass is 16.1. The Morgan fingerprint density at radius 2 is 1.68 bits per heavy atom. The van der Waals surface area contributed by atoms with Crippen LogP contribution < -0.4 is 5.69 Å². The molecule has 3 heterocycles. The molecule has 6 aromatic rings. The molecule has 6 rings (SSSR count). The van der Waals surface area contributed by atoms with Gasteiger partial charge < -0.3 is 0 Å². The number of aromatic nitrogens is 4. The Hall–Kier alpha value is -4.76. The first-order chi connectivity index (χ1) is 18.4. The third-order valence-electron chi connectivity index (χ3n) is 7.88. The van der Waals surface area contributed by atoms with Crippen molar-refractivity contribution in [1.82, 2.24) is 19.1 Å². The summed E-state index contributed by atoms with van der Waals surface area (Å²) in [6.45, 7) is 4.21. The minimum atomic E-state index is -0.226. The number of hydrogen-bond donors (Lipinski definition) is 0. The van der Waals surface area contributed by atoms with Crippen molar-refractivity contribution in [3.8, 4) is 22.9 Å². The lowest BCUT2D eigenvalue weighted by atomic mass is 9.78. The van der Waals surface area contributed by atoms with Gasteiger partial charge in [0.15, 0.2) is 0 Å². The summed E-state index contributed by atoms with van der Waals surface area (Å²) in [6.07, 6.45) is 4.96. The minimum Gasteiger partial charge on any atom is -0.293 e. The summed E-state index contributed by atoms with van der Waals surface area (Å²) < 4.78 is 3.41. The smallest absolute Gasteiger partial charge is 0.293 e. The van der Waals surface area contributed by atoms with Gasteiger partial charge >= 0.3 is 5.69 Å². The summed E-state index contributed by atoms with van der Waals surface area (Å²) in [5, 5.41) is 11.3. The molecule has 0 spiro atoms. The third kappa shape index (κ3) is 3.67. The molecule has 0 saturated carbocycles. The van der Waals surface area contributed by atoms with Crippen LogP contribution in [0.3, 0.4) is 0 Å². The van der Waals surface area contributed by atoms with Crippen LogP contribution in [0.1, 0.15) is 32.3 Å². The second-order valence-electron chi connectivity index (χ2n) is 10.1. The van der Waals surface area contributed by atoms with Gasteiger partial charge in [0.2, 0.25) is 0 Å². The molecule has 186 valence electrons. The maximum Gasteiger partial charge on any atom is 0.333 e. The van der Waals surface area contributed by atoms with E-state index in [-0.39, 0.29) is 11.1 Å². The van der Waals surface area contributed by atoms with E-state index in [9.17, 15) is 10.1 Å². The van der Waals surface area contributed by atoms with E-state index >= 15 is 0 Å². The highest BCUT2D eigenvalue weighted by Crippen LogP contribution is 2.33. The lowest BCUT2D eigenvalue weighted by Gasteiger charge is -2.26. The molecule has 3 aromatic heterocycles. The number of imidazole rings is 1. The van der Waals surface area contributed by atoms with Crippen LogP contribution in [0.2, 0.25) is 0 Å². The van der Waals surface area contributed by atoms with Gasteiger partial charge in [-0.1, -0.05) is 50.2 Å². The van der Waals surface area contributed by atoms with Gasteiger partial charge in [0.1, 0.15) is 0 Å². The molecule has 0 N–H and O–H groups in total. The number of pyridine rings is 2. The van der Waals surface area contributed by atoms with Crippen LogP contribution in [0.5, 0.6) is 0 Å². The standard InChI is InChI=1S/C32H27N5O/c1-4-32(2,15-16-33)24-10-12-25(13-11-24)37-30-26-18-21(23-17-22-7-5-6-8-27(22)34-19-23)9-14-28(26)35-20-29(30)36(3)31(37)38/h5-14,17-20H,4,15H2,1-3H3. The van der Waals surface area contributed by atoms with Crippen molar-refractivity contribution in [3.05, 3.63) is 101 Å². The fourth-order valence-corrected chi connectivity index (χ4v) is 5.26. The first kappa shape index (κ1) is 23.6. The Morgan fingerprint density at radius 3 is 2.45 bits per heavy atom. The Morgan fingerprint density at radius 1 is 0.921 bits per heavy atom. The lowest BCUT2D eigenvalue weighted by molar-refractivity contribution is 0.466. The number of benzene rings is 3. The van der Waals surface area contributed by atoms with Crippen molar-refractivity contribution < 1.29 is 0 Å². The molecule has 6 heteroatoms. The zero-order chi connectivity index (χ0) is 26.4. The van der Waals surface area contributed by atoms with Gasteiger partial charge in [-0.15, -0.1) is 0 Å². The number of hydrogen-bond acceptors (Lipinski definition) is 4. The minimum absolute atomic E-state index is 0.130. The van der Waals surface area contributed by atoms with Crippen LogP contribution in [0.25, 0.3) is 49.7 Å². The number of nitriles is 1. The molecule has 0 aliphatic rings. The molecule has 0 bridgehead atoms. The van der Waals surface area contributed by atoms with Crippen molar-refractivity contribution in [1.29, 1.82) is 5.26 Å². The van der Waals surface area contributed by atoms with Gasteiger partial charge in [0.05, 0.1) is 40.0 Å². The maximum atomic E-state index is 13.5. The lowest BCUT2D eigenvalue weighted by Crippen LogP contribution is -2.22. The van der Waals surface area contributed by atoms with Crippen molar-refractivity contribution in [2.75, 3.05) is 0 Å². The van der Waals surface area contributed by atoms with Crippen LogP contribution in [-0.2, 0) is 12.5 Å². The molecule has 0 aliphatic heterocycles. The van der Waals surface area contributed by atoms with E-state index in [0.717, 1.165) is 61.6 Å². The molecule has 0 saturated heterocycles. The monoisotopic (exact) mass is 497 g/mol. The van der Waals surface area contributed by atoms with Crippen LogP contribution in [-0.4, -0.2) is 19.1 Å². The molecule has 38 heavy (non-hydrogen) atoms. The maximum absolute atomic E-state index is 13.5. The van der Waals surface area contributed by atoms with Crippen molar-refractivity contribution in [2.45, 2.75) is 32.1 Å². The van der Waals surface area contributed by atoms with E-state index in [1.165, 1.54) is 0 Å². The second-order valence-corrected chi connectivity index (χ2v) is 10.1. The molecule has 6 nitrogen and oxygen atoms in total. The van der Waals surface area contributed by atoms with E-state index in [1.807, 2.05) is 60.8 Å². The fraction of sp³-hybridized carbons (Fsp3) is 0.188. The number of rotatable bonds is 5. The summed E-state index contributed by atoms with van der Waals surface area (Å²) in [4.78, 5) is 22.8. The molecular weight excluding hydrogens is 470 g/mol. The number of fused-ring (bicyclic) bond motifs is 4. The molecule has 0 radical (unpaired) electrons. The van der Waals surface area contributed by atoms with Gasteiger partial charge in [0, 0.05) is 41.4 Å². The summed E-state index contributed by atoms with van der Waals surface area (Å²) in [5.74, 6) is 0. The van der Waals surface area contributed by atoms with Crippen LogP contribution in [0.4, 0.5) is 0 Å². The number of nitrogens with zero attached hydrogens (tertiary/aromatic N) is 5. The zero-order valence-corrected chi connectivity index (χ0v) is 21.6. The molecule has 0 amide bonds. The number of para-hydroxylation sites is 1. The zero-order valence-electron chi connectivity index (χ0n) is 21.6. The number of aryl methyl sites for hydroxylation is 1. The van der Waals surface area contributed by atoms with Gasteiger partial charge in [-0.2, -0.15) is 5.26 Å². The average molecular weight is 498 g/mol. The van der Waals surface area contributed by atoms with E-state index in [4.69, 9.17) is 0 Å². The average Bonchev–Trinajstić information content (AvgIpc) is 3.22. The Labute approximate surface area is 220 Å². The molecular formula is C32H27N5O. The third-order valence-corrected chi connectivity index (χ3v) is 7.88. The SMILES string of the molecule is CCC(C)(CC#N)c1ccc(-n2c(=O)n(C)c3cnc4ccc(-c5cnc6ccccc6c5)cc4c32)cc1. The van der Waals surface area contributed by atoms with Gasteiger partial charge in [0.25, 0.3) is 0 Å². The fourth-order valence-electron chi connectivity index (χ4n) is 5.26. The normalized spacial score (nSPS) is 13.1. The van der Waals surface area contributed by atoms with E-state index in [1.54, 1.807) is 22.4 Å². The summed E-state index contributed by atoms with van der Waals surface area (Å²) in [5.41, 5.74) is 6.90. The van der Waals surface area contributed by atoms with Crippen molar-refractivity contribution in [3.63, 3.8) is 0 Å². The Bertz CT molecular complexity index is 1940. The predicted molar refractivity (Wildman–Crippen MR) is 152 cm³/mol. The topological polar surface area (TPSA) is 76.5 Å². The van der Waals surface area contributed by atoms with E-state index in [0.29, 0.717) is 6.42 Å². The highest BCUT2D eigenvalue weighted by molar-refractivity contribution is 6.04. The molecule has 1 unspecified atom stereocenters. The molecule has 0 fully saturated rings. The van der Waals surface area contributed by atoms with Gasteiger partial charge in [-0.3, -0.25) is 19.1 Å². The van der Waals surface area contributed by atoms with Crippen LogP contribution in [0.15, 0.2) is 90.0 Å². The van der Waals surface area contributed by atoms with Crippen LogP contribution >= 0.6 is 0 Å². The Balaban J connectivity index is 1.55. The largest absolute Gasteiger partial charge is 0.333 e. The van der Waals surface area contributed by atoms with Crippen LogP contribution in [0, 0.1) is 11.3 Å². The Kier molecular flexibility index (Phi) is 5.57. The van der Waals surface area contributed by atoms with Crippen molar-refractivity contribution in [2.24, 2.45) is 7.05 Å². The summed E-state index contributed by atoms with van der Waals surface area (Å²) >= 11 is 0.